The molecule has 0 aromatic heterocycles. The Kier molecular flexibility index (Phi) is 7.46. The van der Waals surface area contributed by atoms with E-state index < -0.39 is 5.82 Å². The van der Waals surface area contributed by atoms with E-state index in [1.165, 1.54) is 12.1 Å². The van der Waals surface area contributed by atoms with E-state index >= 15 is 0 Å². The first-order valence-electron chi connectivity index (χ1n) is 11.2. The highest BCUT2D eigenvalue weighted by Crippen LogP contribution is 2.49. The molecule has 2 atom stereocenters. The van der Waals surface area contributed by atoms with Crippen LogP contribution < -0.4 is 24.8 Å². The number of nitrogens with one attached hydrogen (secondary N) is 2. The van der Waals surface area contributed by atoms with Gasteiger partial charge in [0, 0.05) is 24.6 Å². The molecule has 2 N–H and O–H groups in total. The van der Waals surface area contributed by atoms with Crippen LogP contribution >= 0.6 is 11.6 Å². The number of methoxy groups -OCH3 is 2. The van der Waals surface area contributed by atoms with Gasteiger partial charge in [-0.2, -0.15) is 0 Å². The lowest BCUT2D eigenvalue weighted by atomic mass is 9.57. The lowest BCUT2D eigenvalue weighted by molar-refractivity contribution is -0.136. The van der Waals surface area contributed by atoms with Crippen LogP contribution in [0.15, 0.2) is 36.4 Å². The van der Waals surface area contributed by atoms with Crippen molar-refractivity contribution in [1.29, 1.82) is 0 Å². The SMILES string of the molecule is COc1ccc(CNC(=O)[C@@H]2CC(NC(=O)COc3ccc(Cl)c(F)c3)C3CC2C3)cc1OC. The molecule has 2 aromatic rings. The summed E-state index contributed by atoms with van der Waals surface area (Å²) in [5.74, 6) is 1.14. The number of carbonyl (C=O) groups excluding carboxylic acids is 2. The third kappa shape index (κ3) is 5.38. The summed E-state index contributed by atoms with van der Waals surface area (Å²) < 4.78 is 29.5. The van der Waals surface area contributed by atoms with E-state index in [9.17, 15) is 14.0 Å². The summed E-state index contributed by atoms with van der Waals surface area (Å²) in [6, 6.07) is 9.49. The van der Waals surface area contributed by atoms with Gasteiger partial charge in [0.25, 0.3) is 5.91 Å². The quantitative estimate of drug-likeness (QED) is 0.559. The summed E-state index contributed by atoms with van der Waals surface area (Å²) >= 11 is 5.66. The Labute approximate surface area is 202 Å². The molecule has 0 radical (unpaired) electrons. The summed E-state index contributed by atoms with van der Waals surface area (Å²) in [6.07, 6.45) is 2.43. The summed E-state index contributed by atoms with van der Waals surface area (Å²) in [5.41, 5.74) is 0.911. The fourth-order valence-corrected chi connectivity index (χ4v) is 4.91. The molecule has 3 aliphatic carbocycles. The third-order valence-corrected chi connectivity index (χ3v) is 7.02. The Balaban J connectivity index is 1.28. The predicted molar refractivity (Wildman–Crippen MR) is 125 cm³/mol. The molecule has 3 aliphatic rings. The number of rotatable bonds is 9. The number of fused-ring (bicyclic) bond motifs is 2. The summed E-state index contributed by atoms with van der Waals surface area (Å²) in [5, 5.41) is 6.01. The Morgan fingerprint density at radius 3 is 2.50 bits per heavy atom. The number of benzene rings is 2. The summed E-state index contributed by atoms with van der Waals surface area (Å²) in [7, 11) is 3.15. The lowest BCUT2D eigenvalue weighted by Crippen LogP contribution is -2.56. The topological polar surface area (TPSA) is 85.9 Å². The van der Waals surface area contributed by atoms with Crippen molar-refractivity contribution in [2.24, 2.45) is 17.8 Å². The molecule has 2 aromatic carbocycles. The van der Waals surface area contributed by atoms with Crippen molar-refractivity contribution in [3.05, 3.63) is 52.8 Å². The molecule has 0 heterocycles. The van der Waals surface area contributed by atoms with Gasteiger partial charge in [0.15, 0.2) is 18.1 Å². The number of ether oxygens (including phenoxy) is 3. The van der Waals surface area contributed by atoms with Crippen molar-refractivity contribution in [2.75, 3.05) is 20.8 Å². The highest BCUT2D eigenvalue weighted by atomic mass is 35.5. The molecule has 5 rings (SSSR count). The van der Waals surface area contributed by atoms with Crippen LogP contribution in [0.3, 0.4) is 0 Å². The molecular weight excluding hydrogens is 463 g/mol. The molecule has 0 aliphatic heterocycles. The fraction of sp³-hybridized carbons (Fsp3) is 0.440. The van der Waals surface area contributed by atoms with Gasteiger partial charge in [-0.15, -0.1) is 0 Å². The number of halogens is 2. The number of amides is 2. The minimum absolute atomic E-state index is 0.00556. The largest absolute Gasteiger partial charge is 0.493 e. The smallest absolute Gasteiger partial charge is 0.258 e. The van der Waals surface area contributed by atoms with Crippen LogP contribution in [-0.4, -0.2) is 38.7 Å². The minimum atomic E-state index is -0.602. The van der Waals surface area contributed by atoms with Crippen molar-refractivity contribution in [3.63, 3.8) is 0 Å². The van der Waals surface area contributed by atoms with E-state index in [1.807, 2.05) is 18.2 Å². The first-order chi connectivity index (χ1) is 16.4. The van der Waals surface area contributed by atoms with Gasteiger partial charge in [-0.25, -0.2) is 4.39 Å². The average Bonchev–Trinajstić information content (AvgIpc) is 2.82. The molecule has 34 heavy (non-hydrogen) atoms. The van der Waals surface area contributed by atoms with Crippen LogP contribution in [0.25, 0.3) is 0 Å². The number of carbonyl (C=O) groups is 2. The Hall–Kier alpha value is -3.00. The predicted octanol–water partition coefficient (Wildman–Crippen LogP) is 3.72. The van der Waals surface area contributed by atoms with E-state index in [0.717, 1.165) is 24.5 Å². The maximum Gasteiger partial charge on any atom is 0.258 e. The zero-order valence-electron chi connectivity index (χ0n) is 19.1. The van der Waals surface area contributed by atoms with Gasteiger partial charge in [0.1, 0.15) is 11.6 Å². The van der Waals surface area contributed by atoms with Crippen LogP contribution in [0.4, 0.5) is 4.39 Å². The Bertz CT molecular complexity index is 1060. The van der Waals surface area contributed by atoms with Gasteiger partial charge >= 0.3 is 0 Å². The molecule has 1 unspecified atom stereocenters. The number of hydrogen-bond donors (Lipinski definition) is 2. The van der Waals surface area contributed by atoms with Crippen LogP contribution in [0.1, 0.15) is 24.8 Å². The molecule has 3 fully saturated rings. The summed E-state index contributed by atoms with van der Waals surface area (Å²) in [4.78, 5) is 25.4. The van der Waals surface area contributed by atoms with Crippen molar-refractivity contribution < 1.29 is 28.2 Å². The van der Waals surface area contributed by atoms with Crippen LogP contribution in [0.5, 0.6) is 17.2 Å². The number of hydrogen-bond acceptors (Lipinski definition) is 5. The third-order valence-electron chi connectivity index (χ3n) is 6.72. The van der Waals surface area contributed by atoms with Crippen molar-refractivity contribution in [2.45, 2.75) is 31.8 Å². The van der Waals surface area contributed by atoms with E-state index in [-0.39, 0.29) is 41.2 Å². The van der Waals surface area contributed by atoms with E-state index in [0.29, 0.717) is 36.3 Å². The lowest BCUT2D eigenvalue weighted by Gasteiger charge is -2.50. The molecule has 3 saturated carbocycles. The van der Waals surface area contributed by atoms with Crippen LogP contribution in [-0.2, 0) is 16.1 Å². The fourth-order valence-electron chi connectivity index (χ4n) is 4.80. The second kappa shape index (κ2) is 10.5. The van der Waals surface area contributed by atoms with Crippen molar-refractivity contribution in [1.82, 2.24) is 10.6 Å². The molecule has 7 nitrogen and oxygen atoms in total. The van der Waals surface area contributed by atoms with E-state index in [2.05, 4.69) is 10.6 Å². The van der Waals surface area contributed by atoms with Gasteiger partial charge in [-0.1, -0.05) is 17.7 Å². The molecule has 0 spiro atoms. The molecule has 9 heteroatoms. The highest BCUT2D eigenvalue weighted by molar-refractivity contribution is 6.30. The molecular formula is C25H28ClFN2O5. The minimum Gasteiger partial charge on any atom is -0.493 e. The van der Waals surface area contributed by atoms with Gasteiger partial charge in [0.05, 0.1) is 19.2 Å². The van der Waals surface area contributed by atoms with Gasteiger partial charge in [-0.3, -0.25) is 9.59 Å². The van der Waals surface area contributed by atoms with Crippen LogP contribution in [0.2, 0.25) is 5.02 Å². The van der Waals surface area contributed by atoms with E-state index in [1.54, 1.807) is 14.2 Å². The van der Waals surface area contributed by atoms with Crippen molar-refractivity contribution in [3.8, 4) is 17.2 Å². The normalized spacial score (nSPS) is 22.8. The second-order valence-corrected chi connectivity index (χ2v) is 9.19. The Morgan fingerprint density at radius 1 is 1.03 bits per heavy atom. The van der Waals surface area contributed by atoms with Gasteiger partial charge in [0.2, 0.25) is 5.91 Å². The maximum atomic E-state index is 13.5. The average molecular weight is 491 g/mol. The zero-order valence-corrected chi connectivity index (χ0v) is 19.9. The first-order valence-corrected chi connectivity index (χ1v) is 11.6. The first kappa shape index (κ1) is 24.1. The molecule has 2 amide bonds. The van der Waals surface area contributed by atoms with Gasteiger partial charge < -0.3 is 24.8 Å². The van der Waals surface area contributed by atoms with Gasteiger partial charge in [-0.05, 0) is 60.9 Å². The highest BCUT2D eigenvalue weighted by Gasteiger charge is 2.48. The summed E-state index contributed by atoms with van der Waals surface area (Å²) in [6.45, 7) is 0.151. The maximum absolute atomic E-state index is 13.5. The molecule has 182 valence electrons. The Morgan fingerprint density at radius 2 is 1.79 bits per heavy atom. The monoisotopic (exact) mass is 490 g/mol. The standard InChI is InChI=1S/C25H28ClFN2O5/c1-32-22-6-3-14(7-23(22)33-2)12-28-25(31)18-11-21(16-8-15(18)9-16)29-24(30)13-34-17-4-5-19(26)20(27)10-17/h3-7,10,15-16,18,21H,8-9,11-13H2,1-2H3,(H,28,31)(H,29,30)/t15?,16?,18-,21?/m1/s1. The second-order valence-electron chi connectivity index (χ2n) is 8.78. The van der Waals surface area contributed by atoms with Crippen molar-refractivity contribution >= 4 is 23.4 Å². The molecule has 0 saturated heterocycles. The van der Waals surface area contributed by atoms with E-state index in [4.69, 9.17) is 25.8 Å². The van der Waals surface area contributed by atoms with Crippen LogP contribution in [0, 0.1) is 23.6 Å². The zero-order chi connectivity index (χ0) is 24.2. The molecule has 2 bridgehead atoms.